The van der Waals surface area contributed by atoms with Crippen LogP contribution in [0.4, 0.5) is 5.69 Å². The fourth-order valence-electron chi connectivity index (χ4n) is 2.06. The molecule has 3 rings (SSSR count). The number of amides is 1. The maximum Gasteiger partial charge on any atom is 0.255 e. The SMILES string of the molecule is O=C(Nc1cccnc1)c1ccc(Cl)c(C#Cc2ccccc2)c1. The Morgan fingerprint density at radius 2 is 1.83 bits per heavy atom. The summed E-state index contributed by atoms with van der Waals surface area (Å²) in [6.07, 6.45) is 3.24. The minimum absolute atomic E-state index is 0.234. The molecule has 0 unspecified atom stereocenters. The van der Waals surface area contributed by atoms with Crippen molar-refractivity contribution in [2.24, 2.45) is 0 Å². The summed E-state index contributed by atoms with van der Waals surface area (Å²) >= 11 is 6.18. The van der Waals surface area contributed by atoms with Crippen molar-refractivity contribution >= 4 is 23.2 Å². The molecular formula is C20H13ClN2O. The number of anilines is 1. The van der Waals surface area contributed by atoms with Gasteiger partial charge in [0, 0.05) is 22.9 Å². The van der Waals surface area contributed by atoms with Gasteiger partial charge in [-0.05, 0) is 42.5 Å². The maximum absolute atomic E-state index is 12.3. The molecule has 3 aromatic rings. The number of nitrogens with zero attached hydrogens (tertiary/aromatic N) is 1. The number of carbonyl (C=O) groups is 1. The Morgan fingerprint density at radius 3 is 2.58 bits per heavy atom. The Bertz CT molecular complexity index is 913. The van der Waals surface area contributed by atoms with Gasteiger partial charge in [-0.3, -0.25) is 9.78 Å². The van der Waals surface area contributed by atoms with E-state index >= 15 is 0 Å². The second kappa shape index (κ2) is 7.45. The Hall–Kier alpha value is -3.09. The lowest BCUT2D eigenvalue weighted by molar-refractivity contribution is 0.102. The number of rotatable bonds is 2. The lowest BCUT2D eigenvalue weighted by atomic mass is 10.1. The van der Waals surface area contributed by atoms with E-state index in [2.05, 4.69) is 22.1 Å². The van der Waals surface area contributed by atoms with Gasteiger partial charge in [0.05, 0.1) is 16.9 Å². The summed E-state index contributed by atoms with van der Waals surface area (Å²) < 4.78 is 0. The van der Waals surface area contributed by atoms with Crippen molar-refractivity contribution in [3.05, 3.63) is 94.8 Å². The molecule has 2 aromatic carbocycles. The fourth-order valence-corrected chi connectivity index (χ4v) is 2.23. The van der Waals surface area contributed by atoms with Gasteiger partial charge in [0.25, 0.3) is 5.91 Å². The number of halogens is 1. The van der Waals surface area contributed by atoms with Crippen LogP contribution in [-0.4, -0.2) is 10.9 Å². The van der Waals surface area contributed by atoms with Crippen molar-refractivity contribution in [1.29, 1.82) is 0 Å². The average Bonchev–Trinajstić information content (AvgIpc) is 2.62. The number of aromatic nitrogens is 1. The molecule has 0 fully saturated rings. The summed E-state index contributed by atoms with van der Waals surface area (Å²) in [7, 11) is 0. The van der Waals surface area contributed by atoms with Gasteiger partial charge in [-0.15, -0.1) is 0 Å². The molecule has 0 saturated carbocycles. The fraction of sp³-hybridized carbons (Fsp3) is 0. The Morgan fingerprint density at radius 1 is 1.00 bits per heavy atom. The van der Waals surface area contributed by atoms with E-state index in [1.807, 2.05) is 30.3 Å². The van der Waals surface area contributed by atoms with Crippen molar-refractivity contribution < 1.29 is 4.79 Å². The molecule has 1 heterocycles. The largest absolute Gasteiger partial charge is 0.321 e. The molecule has 0 aliphatic carbocycles. The Kier molecular flexibility index (Phi) is 4.90. The van der Waals surface area contributed by atoms with Crippen molar-refractivity contribution in [3.8, 4) is 11.8 Å². The Balaban J connectivity index is 1.84. The van der Waals surface area contributed by atoms with Crippen molar-refractivity contribution in [2.75, 3.05) is 5.32 Å². The molecule has 0 aliphatic heterocycles. The minimum atomic E-state index is -0.234. The van der Waals surface area contributed by atoms with Crippen LogP contribution in [0.3, 0.4) is 0 Å². The van der Waals surface area contributed by atoms with Crippen molar-refractivity contribution in [3.63, 3.8) is 0 Å². The van der Waals surface area contributed by atoms with E-state index in [-0.39, 0.29) is 5.91 Å². The summed E-state index contributed by atoms with van der Waals surface area (Å²) in [6, 6.07) is 18.2. The zero-order valence-corrected chi connectivity index (χ0v) is 13.4. The highest BCUT2D eigenvalue weighted by Gasteiger charge is 2.08. The molecule has 0 aliphatic rings. The molecule has 1 amide bonds. The molecular weight excluding hydrogens is 320 g/mol. The lowest BCUT2D eigenvalue weighted by Gasteiger charge is -2.05. The first-order chi connectivity index (χ1) is 11.7. The highest BCUT2D eigenvalue weighted by molar-refractivity contribution is 6.32. The summed E-state index contributed by atoms with van der Waals surface area (Å²) in [5, 5.41) is 3.30. The summed E-state index contributed by atoms with van der Waals surface area (Å²) in [4.78, 5) is 16.3. The maximum atomic E-state index is 12.3. The lowest BCUT2D eigenvalue weighted by Crippen LogP contribution is -2.12. The number of nitrogens with one attached hydrogen (secondary N) is 1. The van der Waals surface area contributed by atoms with Gasteiger partial charge in [0.1, 0.15) is 0 Å². The van der Waals surface area contributed by atoms with Crippen LogP contribution in [0.25, 0.3) is 0 Å². The second-order valence-electron chi connectivity index (χ2n) is 5.01. The molecule has 0 radical (unpaired) electrons. The molecule has 116 valence electrons. The quantitative estimate of drug-likeness (QED) is 0.707. The van der Waals surface area contributed by atoms with Crippen LogP contribution in [-0.2, 0) is 0 Å². The van der Waals surface area contributed by atoms with Gasteiger partial charge in [-0.2, -0.15) is 0 Å². The zero-order chi connectivity index (χ0) is 16.8. The van der Waals surface area contributed by atoms with Crippen LogP contribution in [0.1, 0.15) is 21.5 Å². The van der Waals surface area contributed by atoms with Gasteiger partial charge < -0.3 is 5.32 Å². The van der Waals surface area contributed by atoms with Crippen molar-refractivity contribution in [1.82, 2.24) is 4.98 Å². The minimum Gasteiger partial charge on any atom is -0.321 e. The predicted molar refractivity (Wildman–Crippen MR) is 96.1 cm³/mol. The first-order valence-corrected chi connectivity index (χ1v) is 7.68. The standard InChI is InChI=1S/C20H13ClN2O/c21-19-11-10-17(20(24)23-18-7-4-12-22-14-18)13-16(19)9-8-15-5-2-1-3-6-15/h1-7,10-14H,(H,23,24). The molecule has 1 aromatic heterocycles. The summed E-state index contributed by atoms with van der Waals surface area (Å²) in [6.45, 7) is 0. The van der Waals surface area contributed by atoms with Gasteiger partial charge in [0.2, 0.25) is 0 Å². The number of hydrogen-bond donors (Lipinski definition) is 1. The van der Waals surface area contributed by atoms with E-state index in [9.17, 15) is 4.79 Å². The highest BCUT2D eigenvalue weighted by Crippen LogP contribution is 2.18. The van der Waals surface area contributed by atoms with Gasteiger partial charge >= 0.3 is 0 Å². The average molecular weight is 333 g/mol. The molecule has 24 heavy (non-hydrogen) atoms. The number of carbonyl (C=O) groups excluding carboxylic acids is 1. The molecule has 0 spiro atoms. The second-order valence-corrected chi connectivity index (χ2v) is 5.41. The van der Waals surface area contributed by atoms with E-state index in [0.29, 0.717) is 21.8 Å². The summed E-state index contributed by atoms with van der Waals surface area (Å²) in [5.74, 6) is 5.82. The molecule has 1 N–H and O–H groups in total. The smallest absolute Gasteiger partial charge is 0.255 e. The van der Waals surface area contributed by atoms with Crippen LogP contribution >= 0.6 is 11.6 Å². The number of pyridine rings is 1. The molecule has 3 nitrogen and oxygen atoms in total. The third kappa shape index (κ3) is 4.01. The van der Waals surface area contributed by atoms with Gasteiger partial charge in [-0.1, -0.05) is 41.6 Å². The van der Waals surface area contributed by atoms with E-state index in [0.717, 1.165) is 5.56 Å². The number of hydrogen-bond acceptors (Lipinski definition) is 2. The van der Waals surface area contributed by atoms with Crippen molar-refractivity contribution in [2.45, 2.75) is 0 Å². The van der Waals surface area contributed by atoms with Crippen LogP contribution in [0, 0.1) is 11.8 Å². The van der Waals surface area contributed by atoms with E-state index in [1.165, 1.54) is 0 Å². The summed E-state index contributed by atoms with van der Waals surface area (Å²) in [5.41, 5.74) is 2.62. The van der Waals surface area contributed by atoms with Gasteiger partial charge in [-0.25, -0.2) is 0 Å². The molecule has 0 atom stereocenters. The normalized spacial score (nSPS) is 9.71. The Labute approximate surface area is 145 Å². The van der Waals surface area contributed by atoms with Crippen LogP contribution in [0.15, 0.2) is 73.1 Å². The van der Waals surface area contributed by atoms with Crippen LogP contribution < -0.4 is 5.32 Å². The molecule has 0 saturated heterocycles. The van der Waals surface area contributed by atoms with E-state index < -0.39 is 0 Å². The number of benzene rings is 2. The molecule has 4 heteroatoms. The van der Waals surface area contributed by atoms with Gasteiger partial charge in [0.15, 0.2) is 0 Å². The third-order valence-electron chi connectivity index (χ3n) is 3.26. The first kappa shape index (κ1) is 15.8. The monoisotopic (exact) mass is 332 g/mol. The van der Waals surface area contributed by atoms with Crippen LogP contribution in [0.2, 0.25) is 5.02 Å². The predicted octanol–water partition coefficient (Wildman–Crippen LogP) is 4.39. The van der Waals surface area contributed by atoms with Crippen LogP contribution in [0.5, 0.6) is 0 Å². The zero-order valence-electron chi connectivity index (χ0n) is 12.7. The first-order valence-electron chi connectivity index (χ1n) is 7.30. The molecule has 0 bridgehead atoms. The van der Waals surface area contributed by atoms with E-state index in [4.69, 9.17) is 11.6 Å². The third-order valence-corrected chi connectivity index (χ3v) is 3.59. The topological polar surface area (TPSA) is 42.0 Å². The van der Waals surface area contributed by atoms with E-state index in [1.54, 1.807) is 42.7 Å². The highest BCUT2D eigenvalue weighted by atomic mass is 35.5.